The van der Waals surface area contributed by atoms with Gasteiger partial charge in [-0.15, -0.1) is 0 Å². The van der Waals surface area contributed by atoms with E-state index in [1.165, 1.54) is 15.4 Å². The van der Waals surface area contributed by atoms with E-state index >= 15 is 0 Å². The van der Waals surface area contributed by atoms with Gasteiger partial charge in [-0.3, -0.25) is 0 Å². The molecule has 1 aromatic rings. The monoisotopic (exact) mass is 178 g/mol. The number of rotatable bonds is 2. The third kappa shape index (κ3) is 2.42. The second kappa shape index (κ2) is 4.36. The predicted molar refractivity (Wildman–Crippen MR) is 56.5 cm³/mol. The number of hydrogen-bond acceptors (Lipinski definition) is 1. The number of allylic oxidation sites excluding steroid dienone is 2. The van der Waals surface area contributed by atoms with Gasteiger partial charge in [-0.25, -0.2) is 0 Å². The lowest BCUT2D eigenvalue weighted by Crippen LogP contribution is -1.77. The highest BCUT2D eigenvalue weighted by Crippen LogP contribution is 2.28. The molecule has 0 fully saturated rings. The molecule has 0 atom stereocenters. The first-order valence-electron chi connectivity index (χ1n) is 4.10. The van der Waals surface area contributed by atoms with Crippen molar-refractivity contribution in [2.45, 2.75) is 25.7 Å². The molecule has 0 spiro atoms. The highest BCUT2D eigenvalue weighted by molar-refractivity contribution is 8.03. The molecule has 0 amide bonds. The van der Waals surface area contributed by atoms with Gasteiger partial charge in [-0.1, -0.05) is 36.0 Å². The normalized spacial score (nSPS) is 11.8. The highest BCUT2D eigenvalue weighted by atomic mass is 32.2. The van der Waals surface area contributed by atoms with Crippen LogP contribution in [0.2, 0.25) is 0 Å². The number of aryl methyl sites for hydroxylation is 1. The SMILES string of the molecule is C/C=C(/C)Sc1ccccc1C. The van der Waals surface area contributed by atoms with Crippen molar-refractivity contribution in [1.29, 1.82) is 0 Å². The molecule has 1 rings (SSSR count). The topological polar surface area (TPSA) is 0 Å². The summed E-state index contributed by atoms with van der Waals surface area (Å²) in [5, 5.41) is 0. The largest absolute Gasteiger partial charge is 0.0949 e. The smallest absolute Gasteiger partial charge is 0.0148 e. The van der Waals surface area contributed by atoms with E-state index in [1.54, 1.807) is 0 Å². The average Bonchev–Trinajstić information content (AvgIpc) is 2.09. The summed E-state index contributed by atoms with van der Waals surface area (Å²) < 4.78 is 0. The first-order chi connectivity index (χ1) is 5.74. The molecule has 1 aromatic carbocycles. The van der Waals surface area contributed by atoms with Crippen molar-refractivity contribution >= 4 is 11.8 Å². The molecule has 0 aromatic heterocycles. The molecule has 12 heavy (non-hydrogen) atoms. The third-order valence-corrected chi connectivity index (χ3v) is 3.01. The summed E-state index contributed by atoms with van der Waals surface area (Å²) in [6.07, 6.45) is 2.14. The molecule has 0 saturated carbocycles. The van der Waals surface area contributed by atoms with Crippen LogP contribution in [0.1, 0.15) is 19.4 Å². The highest BCUT2D eigenvalue weighted by Gasteiger charge is 1.97. The van der Waals surface area contributed by atoms with Gasteiger partial charge in [-0.2, -0.15) is 0 Å². The minimum absolute atomic E-state index is 1.35. The molecule has 0 nitrogen and oxygen atoms in total. The zero-order chi connectivity index (χ0) is 8.97. The maximum atomic E-state index is 2.16. The molecule has 1 heteroatoms. The van der Waals surface area contributed by atoms with Crippen molar-refractivity contribution in [2.24, 2.45) is 0 Å². The first-order valence-corrected chi connectivity index (χ1v) is 4.92. The van der Waals surface area contributed by atoms with Crippen LogP contribution in [0.4, 0.5) is 0 Å². The standard InChI is InChI=1S/C11H14S/c1-4-10(3)12-11-8-6-5-7-9(11)2/h4-8H,1-3H3/b10-4-. The van der Waals surface area contributed by atoms with Gasteiger partial charge < -0.3 is 0 Å². The average molecular weight is 178 g/mol. The van der Waals surface area contributed by atoms with Gasteiger partial charge in [0.1, 0.15) is 0 Å². The summed E-state index contributed by atoms with van der Waals surface area (Å²) in [5.41, 5.74) is 1.35. The number of benzene rings is 1. The predicted octanol–water partition coefficient (Wildman–Crippen LogP) is 4.01. The van der Waals surface area contributed by atoms with Gasteiger partial charge in [-0.05, 0) is 37.3 Å². The molecule has 0 aliphatic carbocycles. The fourth-order valence-electron chi connectivity index (χ4n) is 0.903. The second-order valence-electron chi connectivity index (χ2n) is 2.77. The zero-order valence-corrected chi connectivity index (χ0v) is 8.61. The quantitative estimate of drug-likeness (QED) is 0.616. The summed E-state index contributed by atoms with van der Waals surface area (Å²) in [5.74, 6) is 0. The lowest BCUT2D eigenvalue weighted by molar-refractivity contribution is 1.30. The molecule has 0 N–H and O–H groups in total. The van der Waals surface area contributed by atoms with Gasteiger partial charge in [0.2, 0.25) is 0 Å². The van der Waals surface area contributed by atoms with E-state index in [2.05, 4.69) is 51.1 Å². The lowest BCUT2D eigenvalue weighted by atomic mass is 10.2. The Bertz CT molecular complexity index is 287. The van der Waals surface area contributed by atoms with E-state index < -0.39 is 0 Å². The van der Waals surface area contributed by atoms with Gasteiger partial charge in [0, 0.05) is 4.90 Å². The van der Waals surface area contributed by atoms with Crippen LogP contribution < -0.4 is 0 Å². The summed E-state index contributed by atoms with van der Waals surface area (Å²) >= 11 is 1.83. The van der Waals surface area contributed by atoms with Crippen LogP contribution in [0.25, 0.3) is 0 Å². The van der Waals surface area contributed by atoms with Crippen LogP contribution in [0, 0.1) is 6.92 Å². The lowest BCUT2D eigenvalue weighted by Gasteiger charge is -2.03. The number of thioether (sulfide) groups is 1. The van der Waals surface area contributed by atoms with Gasteiger partial charge in [0.05, 0.1) is 0 Å². The van der Waals surface area contributed by atoms with Crippen molar-refractivity contribution < 1.29 is 0 Å². The Hall–Kier alpha value is -0.690. The molecule has 0 saturated heterocycles. The molecule has 0 aliphatic rings. The minimum Gasteiger partial charge on any atom is -0.0949 e. The molecule has 0 heterocycles. The maximum absolute atomic E-state index is 2.16. The van der Waals surface area contributed by atoms with Gasteiger partial charge in [0.15, 0.2) is 0 Å². The van der Waals surface area contributed by atoms with Crippen molar-refractivity contribution in [2.75, 3.05) is 0 Å². The molecular formula is C11H14S. The Morgan fingerprint density at radius 1 is 1.33 bits per heavy atom. The summed E-state index contributed by atoms with van der Waals surface area (Å²) in [4.78, 5) is 2.71. The molecule has 0 radical (unpaired) electrons. The summed E-state index contributed by atoms with van der Waals surface area (Å²) in [6, 6.07) is 8.46. The minimum atomic E-state index is 1.35. The van der Waals surface area contributed by atoms with Crippen LogP contribution in [0.3, 0.4) is 0 Å². The van der Waals surface area contributed by atoms with Crippen molar-refractivity contribution in [3.05, 3.63) is 40.8 Å². The fraction of sp³-hybridized carbons (Fsp3) is 0.273. The van der Waals surface area contributed by atoms with Crippen molar-refractivity contribution in [3.63, 3.8) is 0 Å². The molecular weight excluding hydrogens is 164 g/mol. The molecule has 0 aliphatic heterocycles. The second-order valence-corrected chi connectivity index (χ2v) is 4.05. The zero-order valence-electron chi connectivity index (χ0n) is 7.79. The van der Waals surface area contributed by atoms with E-state index in [4.69, 9.17) is 0 Å². The van der Waals surface area contributed by atoms with Crippen LogP contribution >= 0.6 is 11.8 Å². The third-order valence-electron chi connectivity index (χ3n) is 1.77. The summed E-state index contributed by atoms with van der Waals surface area (Å²) in [6.45, 7) is 6.35. The van der Waals surface area contributed by atoms with E-state index in [0.717, 1.165) is 0 Å². The van der Waals surface area contributed by atoms with Crippen molar-refractivity contribution in [3.8, 4) is 0 Å². The van der Waals surface area contributed by atoms with Gasteiger partial charge >= 0.3 is 0 Å². The van der Waals surface area contributed by atoms with E-state index in [1.807, 2.05) is 11.8 Å². The Kier molecular flexibility index (Phi) is 3.42. The van der Waals surface area contributed by atoms with E-state index in [0.29, 0.717) is 0 Å². The fourth-order valence-corrected chi connectivity index (χ4v) is 1.74. The maximum Gasteiger partial charge on any atom is 0.0148 e. The van der Waals surface area contributed by atoms with Gasteiger partial charge in [0.25, 0.3) is 0 Å². The summed E-state index contributed by atoms with van der Waals surface area (Å²) in [7, 11) is 0. The van der Waals surface area contributed by atoms with Crippen LogP contribution in [0.15, 0.2) is 40.1 Å². The number of hydrogen-bond donors (Lipinski definition) is 0. The van der Waals surface area contributed by atoms with Crippen LogP contribution in [0.5, 0.6) is 0 Å². The Labute approximate surface area is 78.7 Å². The molecule has 0 unspecified atom stereocenters. The van der Waals surface area contributed by atoms with Crippen LogP contribution in [-0.2, 0) is 0 Å². The van der Waals surface area contributed by atoms with E-state index in [9.17, 15) is 0 Å². The van der Waals surface area contributed by atoms with E-state index in [-0.39, 0.29) is 0 Å². The molecule has 0 bridgehead atoms. The van der Waals surface area contributed by atoms with Crippen molar-refractivity contribution in [1.82, 2.24) is 0 Å². The van der Waals surface area contributed by atoms with Crippen LogP contribution in [-0.4, -0.2) is 0 Å². The Morgan fingerprint density at radius 2 is 2.00 bits per heavy atom. The molecule has 64 valence electrons. The Morgan fingerprint density at radius 3 is 2.58 bits per heavy atom. The Balaban J connectivity index is 2.82. The first kappa shape index (κ1) is 9.40.